The van der Waals surface area contributed by atoms with Crippen LogP contribution in [-0.2, 0) is 9.59 Å². The number of rotatable bonds is 5. The molecule has 1 aromatic carbocycles. The molecule has 2 heterocycles. The maximum absolute atomic E-state index is 11.7. The Balaban J connectivity index is 1.52. The molecule has 128 valence electrons. The standard InChI is InChI=1S/C16H15N5O4/c22-13(10-17-15(23)16(24)19-14-6-9-25-20-14)11-2-4-12(5-3-11)21-8-1-7-18-21/h1-9,13,22H,10H2,(H,17,23)(H,19,20,24). The minimum absolute atomic E-state index is 0.105. The number of hydrogen-bond acceptors (Lipinski definition) is 6. The zero-order valence-corrected chi connectivity index (χ0v) is 13.0. The summed E-state index contributed by atoms with van der Waals surface area (Å²) in [6.45, 7) is -0.105. The zero-order valence-electron chi connectivity index (χ0n) is 13.0. The van der Waals surface area contributed by atoms with Crippen molar-refractivity contribution < 1.29 is 19.2 Å². The monoisotopic (exact) mass is 341 g/mol. The van der Waals surface area contributed by atoms with E-state index in [0.29, 0.717) is 5.56 Å². The summed E-state index contributed by atoms with van der Waals surface area (Å²) in [5.41, 5.74) is 1.45. The Bertz CT molecular complexity index is 828. The van der Waals surface area contributed by atoms with Crippen molar-refractivity contribution in [1.29, 1.82) is 0 Å². The molecule has 1 unspecified atom stereocenters. The number of nitrogens with one attached hydrogen (secondary N) is 2. The third-order valence-electron chi connectivity index (χ3n) is 3.39. The van der Waals surface area contributed by atoms with Gasteiger partial charge in [0.05, 0.1) is 11.8 Å². The molecule has 0 radical (unpaired) electrons. The van der Waals surface area contributed by atoms with Gasteiger partial charge in [-0.05, 0) is 23.8 Å². The van der Waals surface area contributed by atoms with Crippen molar-refractivity contribution >= 4 is 17.6 Å². The predicted octanol–water partition coefficient (Wildman–Crippen LogP) is 0.649. The molecule has 0 spiro atoms. The van der Waals surface area contributed by atoms with Gasteiger partial charge in [0.1, 0.15) is 6.26 Å². The maximum Gasteiger partial charge on any atom is 0.314 e. The molecule has 0 aliphatic rings. The van der Waals surface area contributed by atoms with Crippen LogP contribution < -0.4 is 10.6 Å². The van der Waals surface area contributed by atoms with Crippen LogP contribution in [0.15, 0.2) is 59.6 Å². The van der Waals surface area contributed by atoms with Crippen LogP contribution in [-0.4, -0.2) is 38.4 Å². The number of nitrogens with zero attached hydrogens (tertiary/aromatic N) is 3. The van der Waals surface area contributed by atoms with Gasteiger partial charge in [0.2, 0.25) is 0 Å². The number of aromatic nitrogens is 3. The van der Waals surface area contributed by atoms with Gasteiger partial charge in [-0.3, -0.25) is 14.9 Å². The molecule has 0 saturated heterocycles. The summed E-state index contributed by atoms with van der Waals surface area (Å²) in [4.78, 5) is 23.3. The molecule has 25 heavy (non-hydrogen) atoms. The first-order chi connectivity index (χ1) is 12.1. The first-order valence-corrected chi connectivity index (χ1v) is 7.41. The van der Waals surface area contributed by atoms with Crippen molar-refractivity contribution in [2.75, 3.05) is 11.9 Å². The third kappa shape index (κ3) is 4.09. The van der Waals surface area contributed by atoms with Crippen molar-refractivity contribution in [2.24, 2.45) is 0 Å². The van der Waals surface area contributed by atoms with Gasteiger partial charge in [-0.1, -0.05) is 17.3 Å². The Morgan fingerprint density at radius 3 is 2.64 bits per heavy atom. The second-order valence-corrected chi connectivity index (χ2v) is 5.11. The van der Waals surface area contributed by atoms with E-state index in [0.717, 1.165) is 5.69 Å². The fourth-order valence-corrected chi connectivity index (χ4v) is 2.11. The van der Waals surface area contributed by atoms with Gasteiger partial charge in [-0.2, -0.15) is 5.10 Å². The Kier molecular flexibility index (Phi) is 4.86. The van der Waals surface area contributed by atoms with Crippen molar-refractivity contribution in [3.05, 3.63) is 60.6 Å². The molecule has 3 aromatic rings. The molecule has 3 N–H and O–H groups in total. The Morgan fingerprint density at radius 1 is 1.20 bits per heavy atom. The van der Waals surface area contributed by atoms with Crippen LogP contribution in [0.25, 0.3) is 5.69 Å². The van der Waals surface area contributed by atoms with E-state index in [9.17, 15) is 14.7 Å². The van der Waals surface area contributed by atoms with Crippen molar-refractivity contribution in [3.8, 4) is 5.69 Å². The minimum atomic E-state index is -0.949. The lowest BCUT2D eigenvalue weighted by molar-refractivity contribution is -0.136. The van der Waals surface area contributed by atoms with Crippen LogP contribution >= 0.6 is 0 Å². The lowest BCUT2D eigenvalue weighted by Crippen LogP contribution is -2.37. The summed E-state index contributed by atoms with van der Waals surface area (Å²) >= 11 is 0. The molecule has 1 atom stereocenters. The highest BCUT2D eigenvalue weighted by atomic mass is 16.5. The molecule has 0 aliphatic carbocycles. The summed E-state index contributed by atoms with van der Waals surface area (Å²) in [5.74, 6) is -1.64. The predicted molar refractivity (Wildman–Crippen MR) is 86.7 cm³/mol. The van der Waals surface area contributed by atoms with Crippen LogP contribution in [0.1, 0.15) is 11.7 Å². The molecular formula is C16H15N5O4. The van der Waals surface area contributed by atoms with E-state index >= 15 is 0 Å². The summed E-state index contributed by atoms with van der Waals surface area (Å²) in [6, 6.07) is 10.3. The molecule has 0 bridgehead atoms. The Morgan fingerprint density at radius 2 is 2.00 bits per heavy atom. The van der Waals surface area contributed by atoms with E-state index in [1.165, 1.54) is 12.3 Å². The fourth-order valence-electron chi connectivity index (χ4n) is 2.11. The lowest BCUT2D eigenvalue weighted by Gasteiger charge is -2.12. The van der Waals surface area contributed by atoms with E-state index < -0.39 is 17.9 Å². The highest BCUT2D eigenvalue weighted by Gasteiger charge is 2.17. The number of amides is 2. The topological polar surface area (TPSA) is 122 Å². The maximum atomic E-state index is 11.7. The zero-order chi connectivity index (χ0) is 17.6. The van der Waals surface area contributed by atoms with Crippen LogP contribution in [0.2, 0.25) is 0 Å². The molecule has 0 saturated carbocycles. The summed E-state index contributed by atoms with van der Waals surface area (Å²) in [5, 5.41) is 22.3. The molecular weight excluding hydrogens is 326 g/mol. The summed E-state index contributed by atoms with van der Waals surface area (Å²) in [7, 11) is 0. The van der Waals surface area contributed by atoms with Gasteiger partial charge in [0.15, 0.2) is 5.82 Å². The minimum Gasteiger partial charge on any atom is -0.387 e. The normalized spacial score (nSPS) is 11.7. The first kappa shape index (κ1) is 16.4. The van der Waals surface area contributed by atoms with Crippen molar-refractivity contribution in [2.45, 2.75) is 6.10 Å². The number of carbonyl (C=O) groups is 2. The van der Waals surface area contributed by atoms with E-state index in [-0.39, 0.29) is 12.4 Å². The number of benzene rings is 1. The number of aliphatic hydroxyl groups excluding tert-OH is 1. The highest BCUT2D eigenvalue weighted by molar-refractivity contribution is 6.39. The second-order valence-electron chi connectivity index (χ2n) is 5.11. The second kappa shape index (κ2) is 7.41. The summed E-state index contributed by atoms with van der Waals surface area (Å²) in [6.07, 6.45) is 3.79. The number of aliphatic hydroxyl groups is 1. The molecule has 9 heteroatoms. The molecule has 2 amide bonds. The van der Waals surface area contributed by atoms with Crippen molar-refractivity contribution in [3.63, 3.8) is 0 Å². The van der Waals surface area contributed by atoms with Gasteiger partial charge >= 0.3 is 11.8 Å². The first-order valence-electron chi connectivity index (χ1n) is 7.41. The van der Waals surface area contributed by atoms with Crippen LogP contribution in [0.3, 0.4) is 0 Å². The molecule has 9 nitrogen and oxygen atoms in total. The molecule has 0 fully saturated rings. The fraction of sp³-hybridized carbons (Fsp3) is 0.125. The average molecular weight is 341 g/mol. The number of carbonyl (C=O) groups excluding carboxylic acids is 2. The van der Waals surface area contributed by atoms with Gasteiger partial charge in [0, 0.05) is 25.0 Å². The average Bonchev–Trinajstić information content (AvgIpc) is 3.33. The Labute approximate surface area is 142 Å². The van der Waals surface area contributed by atoms with Gasteiger partial charge in [-0.25, -0.2) is 4.68 Å². The van der Waals surface area contributed by atoms with Gasteiger partial charge in [0.25, 0.3) is 0 Å². The van der Waals surface area contributed by atoms with Gasteiger partial charge < -0.3 is 14.9 Å². The lowest BCUT2D eigenvalue weighted by atomic mass is 10.1. The molecule has 2 aromatic heterocycles. The SMILES string of the molecule is O=C(NCC(O)c1ccc(-n2cccn2)cc1)C(=O)Nc1ccon1. The largest absolute Gasteiger partial charge is 0.387 e. The van der Waals surface area contributed by atoms with Crippen LogP contribution in [0, 0.1) is 0 Å². The smallest absolute Gasteiger partial charge is 0.314 e. The quantitative estimate of drug-likeness (QED) is 0.586. The Hall–Kier alpha value is -3.46. The van der Waals surface area contributed by atoms with Crippen molar-refractivity contribution in [1.82, 2.24) is 20.3 Å². The molecule has 3 rings (SSSR count). The van der Waals surface area contributed by atoms with Gasteiger partial charge in [-0.15, -0.1) is 0 Å². The summed E-state index contributed by atoms with van der Waals surface area (Å²) < 4.78 is 6.23. The number of hydrogen-bond donors (Lipinski definition) is 3. The van der Waals surface area contributed by atoms with Crippen LogP contribution in [0.5, 0.6) is 0 Å². The van der Waals surface area contributed by atoms with E-state index in [2.05, 4.69) is 25.4 Å². The van der Waals surface area contributed by atoms with E-state index in [1.54, 1.807) is 41.3 Å². The number of anilines is 1. The van der Waals surface area contributed by atoms with E-state index in [4.69, 9.17) is 0 Å². The third-order valence-corrected chi connectivity index (χ3v) is 3.39. The molecule has 0 aliphatic heterocycles. The van der Waals surface area contributed by atoms with Crippen LogP contribution in [0.4, 0.5) is 5.82 Å². The van der Waals surface area contributed by atoms with E-state index in [1.807, 2.05) is 6.07 Å². The highest BCUT2D eigenvalue weighted by Crippen LogP contribution is 2.15.